The lowest BCUT2D eigenvalue weighted by Crippen LogP contribution is -2.15. The molecule has 0 atom stereocenters. The van der Waals surface area contributed by atoms with Crippen molar-refractivity contribution in [1.29, 1.82) is 5.26 Å². The van der Waals surface area contributed by atoms with Gasteiger partial charge in [0, 0.05) is 6.07 Å². The van der Waals surface area contributed by atoms with Crippen molar-refractivity contribution in [2.75, 3.05) is 11.1 Å². The number of anilines is 1. The summed E-state index contributed by atoms with van der Waals surface area (Å²) in [5.74, 6) is 0.0524. The summed E-state index contributed by atoms with van der Waals surface area (Å²) >= 11 is 1.09. The van der Waals surface area contributed by atoms with Gasteiger partial charge in [-0.2, -0.15) is 5.26 Å². The maximum atomic E-state index is 12.0. The Morgan fingerprint density at radius 1 is 1.38 bits per heavy atom. The van der Waals surface area contributed by atoms with Crippen molar-refractivity contribution >= 4 is 29.0 Å². The Morgan fingerprint density at radius 2 is 2.08 bits per heavy atom. The molecule has 0 bridgehead atoms. The minimum Gasteiger partial charge on any atom is -0.320 e. The van der Waals surface area contributed by atoms with Gasteiger partial charge in [-0.15, -0.1) is 0 Å². The number of thioether (sulfide) groups is 1. The number of nitro benzene ring substituents is 1. The lowest BCUT2D eigenvalue weighted by molar-refractivity contribution is -0.383. The van der Waals surface area contributed by atoms with E-state index in [0.717, 1.165) is 11.8 Å². The van der Waals surface area contributed by atoms with Crippen molar-refractivity contribution in [1.82, 2.24) is 9.97 Å². The van der Waals surface area contributed by atoms with Gasteiger partial charge in [-0.3, -0.25) is 14.9 Å². The molecule has 0 unspecified atom stereocenters. The maximum Gasteiger partial charge on any atom is 0.292 e. The van der Waals surface area contributed by atoms with Crippen LogP contribution in [0.1, 0.15) is 17.1 Å². The van der Waals surface area contributed by atoms with Gasteiger partial charge in [0.1, 0.15) is 28.2 Å². The van der Waals surface area contributed by atoms with E-state index in [1.54, 1.807) is 19.9 Å². The Kier molecular flexibility index (Phi) is 5.44. The van der Waals surface area contributed by atoms with Crippen LogP contribution in [0.3, 0.4) is 0 Å². The predicted molar refractivity (Wildman–Crippen MR) is 88.7 cm³/mol. The molecule has 24 heavy (non-hydrogen) atoms. The van der Waals surface area contributed by atoms with Crippen LogP contribution in [0.5, 0.6) is 0 Å². The normalized spacial score (nSPS) is 10.0. The van der Waals surface area contributed by atoms with E-state index in [1.807, 2.05) is 6.07 Å². The van der Waals surface area contributed by atoms with Crippen LogP contribution in [-0.4, -0.2) is 26.6 Å². The van der Waals surface area contributed by atoms with Gasteiger partial charge >= 0.3 is 0 Å². The molecular weight excluding hydrogens is 330 g/mol. The molecule has 2 rings (SSSR count). The van der Waals surface area contributed by atoms with Crippen LogP contribution in [0.25, 0.3) is 0 Å². The molecule has 1 heterocycles. The number of nitrogens with zero attached hydrogens (tertiary/aromatic N) is 4. The number of nitriles is 1. The highest BCUT2D eigenvalue weighted by Crippen LogP contribution is 2.25. The number of hydrogen-bond acceptors (Lipinski definition) is 7. The molecule has 0 saturated carbocycles. The largest absolute Gasteiger partial charge is 0.320 e. The van der Waals surface area contributed by atoms with Gasteiger partial charge in [0.25, 0.3) is 5.69 Å². The van der Waals surface area contributed by atoms with E-state index in [4.69, 9.17) is 5.26 Å². The zero-order valence-electron chi connectivity index (χ0n) is 12.9. The molecule has 1 amide bonds. The Balaban J connectivity index is 2.10. The van der Waals surface area contributed by atoms with E-state index < -0.39 is 10.8 Å². The average Bonchev–Trinajstić information content (AvgIpc) is 2.52. The standard InChI is InChI=1S/C15H13N5O3S/c1-9-11(7-16)15(18-10(2)17-9)24-8-14(21)19-12-5-3-4-6-13(12)20(22)23/h3-6H,8H2,1-2H3,(H,19,21). The molecule has 122 valence electrons. The van der Waals surface area contributed by atoms with E-state index >= 15 is 0 Å². The van der Waals surface area contributed by atoms with Crippen molar-refractivity contribution in [3.05, 3.63) is 51.5 Å². The van der Waals surface area contributed by atoms with Crippen LogP contribution in [0.4, 0.5) is 11.4 Å². The first-order valence-corrected chi connectivity index (χ1v) is 7.82. The summed E-state index contributed by atoms with van der Waals surface area (Å²) < 4.78 is 0. The van der Waals surface area contributed by atoms with E-state index in [2.05, 4.69) is 15.3 Å². The predicted octanol–water partition coefficient (Wildman–Crippen LogP) is 2.60. The molecule has 1 N–H and O–H groups in total. The van der Waals surface area contributed by atoms with Crippen molar-refractivity contribution in [3.8, 4) is 6.07 Å². The molecule has 1 aromatic carbocycles. The van der Waals surface area contributed by atoms with Gasteiger partial charge < -0.3 is 5.32 Å². The SMILES string of the molecule is Cc1nc(C)c(C#N)c(SCC(=O)Nc2ccccc2[N+](=O)[O-])n1. The number of nitrogens with one attached hydrogen (secondary N) is 1. The molecule has 0 aliphatic carbocycles. The fraction of sp³-hybridized carbons (Fsp3) is 0.200. The smallest absolute Gasteiger partial charge is 0.292 e. The fourth-order valence-corrected chi connectivity index (χ4v) is 2.85. The number of benzene rings is 1. The van der Waals surface area contributed by atoms with Gasteiger partial charge in [0.2, 0.25) is 5.91 Å². The third kappa shape index (κ3) is 4.05. The minimum atomic E-state index is -0.562. The lowest BCUT2D eigenvalue weighted by atomic mass is 10.2. The highest BCUT2D eigenvalue weighted by Gasteiger charge is 2.16. The summed E-state index contributed by atoms with van der Waals surface area (Å²) in [5, 5.41) is 23.0. The zero-order chi connectivity index (χ0) is 17.7. The molecule has 8 nitrogen and oxygen atoms in total. The Morgan fingerprint density at radius 3 is 2.75 bits per heavy atom. The summed E-state index contributed by atoms with van der Waals surface area (Å²) in [6.45, 7) is 3.40. The molecule has 0 spiro atoms. The summed E-state index contributed by atoms with van der Waals surface area (Å²) in [6.07, 6.45) is 0. The summed E-state index contributed by atoms with van der Waals surface area (Å²) in [6, 6.07) is 7.91. The second-order valence-corrected chi connectivity index (χ2v) is 5.72. The number of carbonyl (C=O) groups is 1. The van der Waals surface area contributed by atoms with Crippen LogP contribution in [-0.2, 0) is 4.79 Å². The zero-order valence-corrected chi connectivity index (χ0v) is 13.8. The first-order valence-electron chi connectivity index (χ1n) is 6.83. The molecule has 0 aliphatic rings. The number of aryl methyl sites for hydroxylation is 2. The van der Waals surface area contributed by atoms with E-state index in [-0.39, 0.29) is 17.1 Å². The number of aromatic nitrogens is 2. The fourth-order valence-electron chi connectivity index (χ4n) is 1.97. The third-order valence-electron chi connectivity index (χ3n) is 3.00. The van der Waals surface area contributed by atoms with E-state index in [9.17, 15) is 14.9 Å². The van der Waals surface area contributed by atoms with Crippen molar-refractivity contribution in [2.24, 2.45) is 0 Å². The monoisotopic (exact) mass is 343 g/mol. The second-order valence-electron chi connectivity index (χ2n) is 4.76. The Bertz CT molecular complexity index is 847. The number of carbonyl (C=O) groups excluding carboxylic acids is 1. The van der Waals surface area contributed by atoms with Crippen LogP contribution >= 0.6 is 11.8 Å². The number of para-hydroxylation sites is 2. The number of nitro groups is 1. The van der Waals surface area contributed by atoms with Crippen LogP contribution in [0.2, 0.25) is 0 Å². The quantitative estimate of drug-likeness (QED) is 0.383. The van der Waals surface area contributed by atoms with E-state index in [1.165, 1.54) is 18.2 Å². The van der Waals surface area contributed by atoms with E-state index in [0.29, 0.717) is 22.1 Å². The highest BCUT2D eigenvalue weighted by molar-refractivity contribution is 8.00. The van der Waals surface area contributed by atoms with Crippen LogP contribution < -0.4 is 5.32 Å². The molecule has 0 fully saturated rings. The summed E-state index contributed by atoms with van der Waals surface area (Å²) in [7, 11) is 0. The van der Waals surface area contributed by atoms with Gasteiger partial charge in [0.05, 0.1) is 16.4 Å². The average molecular weight is 343 g/mol. The van der Waals surface area contributed by atoms with Gasteiger partial charge in [0.15, 0.2) is 0 Å². The lowest BCUT2D eigenvalue weighted by Gasteiger charge is -2.07. The number of hydrogen-bond donors (Lipinski definition) is 1. The van der Waals surface area contributed by atoms with Crippen LogP contribution in [0.15, 0.2) is 29.3 Å². The summed E-state index contributed by atoms with van der Waals surface area (Å²) in [5.41, 5.74) is 0.821. The van der Waals surface area contributed by atoms with Gasteiger partial charge in [-0.25, -0.2) is 9.97 Å². The molecule has 0 saturated heterocycles. The maximum absolute atomic E-state index is 12.0. The second kappa shape index (κ2) is 7.52. The Hall–Kier alpha value is -2.99. The first-order chi connectivity index (χ1) is 11.4. The summed E-state index contributed by atoms with van der Waals surface area (Å²) in [4.78, 5) is 30.7. The third-order valence-corrected chi connectivity index (χ3v) is 3.97. The number of rotatable bonds is 5. The molecule has 9 heteroatoms. The molecule has 2 aromatic rings. The van der Waals surface area contributed by atoms with Crippen molar-refractivity contribution < 1.29 is 9.72 Å². The highest BCUT2D eigenvalue weighted by atomic mass is 32.2. The number of amides is 1. The molecular formula is C15H13N5O3S. The van der Waals surface area contributed by atoms with Crippen molar-refractivity contribution in [2.45, 2.75) is 18.9 Å². The van der Waals surface area contributed by atoms with Crippen LogP contribution in [0, 0.1) is 35.3 Å². The minimum absolute atomic E-state index is 0.0311. The molecule has 1 aromatic heterocycles. The van der Waals surface area contributed by atoms with Crippen molar-refractivity contribution in [3.63, 3.8) is 0 Å². The van der Waals surface area contributed by atoms with Gasteiger partial charge in [-0.05, 0) is 19.9 Å². The molecule has 0 aliphatic heterocycles. The topological polar surface area (TPSA) is 122 Å². The molecule has 0 radical (unpaired) electrons. The van der Waals surface area contributed by atoms with Gasteiger partial charge in [-0.1, -0.05) is 23.9 Å². The first kappa shape index (κ1) is 17.4. The Labute approximate surface area is 142 Å².